The summed E-state index contributed by atoms with van der Waals surface area (Å²) in [7, 11) is 0. The molecule has 0 aliphatic carbocycles. The zero-order chi connectivity index (χ0) is 20.3. The zero-order valence-electron chi connectivity index (χ0n) is 16.7. The van der Waals surface area contributed by atoms with Gasteiger partial charge in [-0.05, 0) is 36.2 Å². The number of likely N-dealkylation sites (tertiary alicyclic amines) is 1. The second-order valence-corrected chi connectivity index (χ2v) is 7.78. The summed E-state index contributed by atoms with van der Waals surface area (Å²) in [5, 5.41) is 14.9. The fourth-order valence-electron chi connectivity index (χ4n) is 4.10. The number of nitrogens with one attached hydrogen (secondary N) is 1. The van der Waals surface area contributed by atoms with Gasteiger partial charge in [-0.1, -0.05) is 54.6 Å². The van der Waals surface area contributed by atoms with Gasteiger partial charge in [-0.15, -0.1) is 0 Å². The molecule has 0 amide bonds. The lowest BCUT2D eigenvalue weighted by atomic mass is 10.1. The first kappa shape index (κ1) is 18.6. The SMILES string of the molecule is Oc1ccccc1-c1nc(N[C@H]2CCN(Cc3ccccc3)C2)c2ccccc2n1. The van der Waals surface area contributed by atoms with E-state index in [0.29, 0.717) is 17.4 Å². The average molecular weight is 396 g/mol. The molecule has 1 aliphatic heterocycles. The summed E-state index contributed by atoms with van der Waals surface area (Å²) in [5.41, 5.74) is 2.85. The Morgan fingerprint density at radius 2 is 1.67 bits per heavy atom. The fourth-order valence-corrected chi connectivity index (χ4v) is 4.10. The third-order valence-electron chi connectivity index (χ3n) is 5.61. The van der Waals surface area contributed by atoms with Crippen LogP contribution >= 0.6 is 0 Å². The van der Waals surface area contributed by atoms with Crippen molar-refractivity contribution in [1.29, 1.82) is 0 Å². The minimum Gasteiger partial charge on any atom is -0.507 e. The maximum atomic E-state index is 10.3. The number of rotatable bonds is 5. The van der Waals surface area contributed by atoms with Gasteiger partial charge >= 0.3 is 0 Å². The zero-order valence-corrected chi connectivity index (χ0v) is 16.7. The van der Waals surface area contributed by atoms with E-state index >= 15 is 0 Å². The number of fused-ring (bicyclic) bond motifs is 1. The number of phenolic OH excluding ortho intramolecular Hbond substituents is 1. The molecule has 1 atom stereocenters. The molecule has 5 nitrogen and oxygen atoms in total. The monoisotopic (exact) mass is 396 g/mol. The number of aromatic nitrogens is 2. The van der Waals surface area contributed by atoms with E-state index in [1.54, 1.807) is 12.1 Å². The summed E-state index contributed by atoms with van der Waals surface area (Å²) < 4.78 is 0. The molecule has 2 N–H and O–H groups in total. The topological polar surface area (TPSA) is 61.3 Å². The van der Waals surface area contributed by atoms with Crippen molar-refractivity contribution < 1.29 is 5.11 Å². The van der Waals surface area contributed by atoms with Crippen LogP contribution in [0.4, 0.5) is 5.82 Å². The predicted molar refractivity (Wildman–Crippen MR) is 120 cm³/mol. The van der Waals surface area contributed by atoms with Crippen LogP contribution in [0.5, 0.6) is 5.75 Å². The smallest absolute Gasteiger partial charge is 0.165 e. The molecule has 0 spiro atoms. The number of benzene rings is 3. The van der Waals surface area contributed by atoms with Gasteiger partial charge in [-0.2, -0.15) is 0 Å². The third-order valence-corrected chi connectivity index (χ3v) is 5.61. The highest BCUT2D eigenvalue weighted by Crippen LogP contribution is 2.30. The van der Waals surface area contributed by atoms with E-state index < -0.39 is 0 Å². The van der Waals surface area contributed by atoms with Crippen LogP contribution < -0.4 is 5.32 Å². The Kier molecular flexibility index (Phi) is 5.03. The third kappa shape index (κ3) is 3.84. The molecule has 0 unspecified atom stereocenters. The van der Waals surface area contributed by atoms with Gasteiger partial charge < -0.3 is 10.4 Å². The van der Waals surface area contributed by atoms with Gasteiger partial charge in [0.15, 0.2) is 5.82 Å². The summed E-state index contributed by atoms with van der Waals surface area (Å²) in [6.07, 6.45) is 1.07. The highest BCUT2D eigenvalue weighted by molar-refractivity contribution is 5.91. The number of hydrogen-bond acceptors (Lipinski definition) is 5. The molecule has 30 heavy (non-hydrogen) atoms. The lowest BCUT2D eigenvalue weighted by Gasteiger charge is -2.18. The molecule has 1 saturated heterocycles. The minimum absolute atomic E-state index is 0.189. The quantitative estimate of drug-likeness (QED) is 0.512. The van der Waals surface area contributed by atoms with Gasteiger partial charge in [0.25, 0.3) is 0 Å². The number of phenols is 1. The Labute approximate surface area is 176 Å². The molecule has 3 aromatic carbocycles. The summed E-state index contributed by atoms with van der Waals surface area (Å²) in [5.74, 6) is 1.55. The first-order valence-corrected chi connectivity index (χ1v) is 10.3. The average Bonchev–Trinajstić information content (AvgIpc) is 3.21. The van der Waals surface area contributed by atoms with Crippen molar-refractivity contribution in [2.75, 3.05) is 18.4 Å². The molecule has 5 rings (SSSR count). The molecule has 5 heteroatoms. The van der Waals surface area contributed by atoms with Crippen molar-refractivity contribution >= 4 is 16.7 Å². The normalized spacial score (nSPS) is 16.7. The fraction of sp³-hybridized carbons (Fsp3) is 0.200. The van der Waals surface area contributed by atoms with Gasteiger partial charge in [0, 0.05) is 31.1 Å². The molecular formula is C25H24N4O. The number of aromatic hydroxyl groups is 1. The predicted octanol–water partition coefficient (Wildman–Crippen LogP) is 4.69. The summed E-state index contributed by atoms with van der Waals surface area (Å²) in [4.78, 5) is 12.0. The standard InChI is InChI=1S/C25H24N4O/c30-23-13-7-5-11-21(23)25-27-22-12-6-4-10-20(22)24(28-25)26-19-14-15-29(17-19)16-18-8-2-1-3-9-18/h1-13,19,30H,14-17H2,(H,26,27,28)/t19-/m0/s1. The molecular weight excluding hydrogens is 372 g/mol. The Hall–Kier alpha value is -3.44. The Bertz CT molecular complexity index is 1160. The number of anilines is 1. The van der Waals surface area contributed by atoms with Gasteiger partial charge in [0.05, 0.1) is 11.1 Å². The number of nitrogens with zero attached hydrogens (tertiary/aromatic N) is 3. The maximum Gasteiger partial charge on any atom is 0.165 e. The molecule has 2 heterocycles. The van der Waals surface area contributed by atoms with Crippen LogP contribution in [0.1, 0.15) is 12.0 Å². The lowest BCUT2D eigenvalue weighted by molar-refractivity contribution is 0.328. The van der Waals surface area contributed by atoms with Gasteiger partial charge in [0.2, 0.25) is 0 Å². The van der Waals surface area contributed by atoms with Crippen LogP contribution in [0, 0.1) is 0 Å². The Morgan fingerprint density at radius 3 is 2.53 bits per heavy atom. The lowest BCUT2D eigenvalue weighted by Crippen LogP contribution is -2.26. The molecule has 1 aliphatic rings. The van der Waals surface area contributed by atoms with Crippen LogP contribution in [0.3, 0.4) is 0 Å². The first-order chi connectivity index (χ1) is 14.8. The van der Waals surface area contributed by atoms with Crippen LogP contribution in [-0.2, 0) is 6.54 Å². The highest BCUT2D eigenvalue weighted by Gasteiger charge is 2.24. The van der Waals surface area contributed by atoms with E-state index in [1.807, 2.05) is 36.4 Å². The number of para-hydroxylation sites is 2. The molecule has 4 aromatic rings. The summed E-state index contributed by atoms with van der Waals surface area (Å²) in [6.45, 7) is 2.99. The molecule has 1 aromatic heterocycles. The minimum atomic E-state index is 0.189. The van der Waals surface area contributed by atoms with E-state index in [1.165, 1.54) is 5.56 Å². The molecule has 0 bridgehead atoms. The molecule has 1 fully saturated rings. The van der Waals surface area contributed by atoms with Crippen molar-refractivity contribution in [2.24, 2.45) is 0 Å². The van der Waals surface area contributed by atoms with E-state index in [-0.39, 0.29) is 5.75 Å². The summed E-state index contributed by atoms with van der Waals surface area (Å²) >= 11 is 0. The molecule has 0 radical (unpaired) electrons. The van der Waals surface area contributed by atoms with Crippen LogP contribution in [0.25, 0.3) is 22.3 Å². The van der Waals surface area contributed by atoms with Crippen molar-refractivity contribution in [3.63, 3.8) is 0 Å². The van der Waals surface area contributed by atoms with Crippen molar-refractivity contribution in [3.8, 4) is 17.1 Å². The molecule has 0 saturated carbocycles. The van der Waals surface area contributed by atoms with Crippen LogP contribution in [-0.4, -0.2) is 39.1 Å². The van der Waals surface area contributed by atoms with Crippen molar-refractivity contribution in [2.45, 2.75) is 19.0 Å². The number of hydrogen-bond donors (Lipinski definition) is 2. The van der Waals surface area contributed by atoms with Crippen LogP contribution in [0.2, 0.25) is 0 Å². The van der Waals surface area contributed by atoms with Crippen molar-refractivity contribution in [1.82, 2.24) is 14.9 Å². The first-order valence-electron chi connectivity index (χ1n) is 10.3. The largest absolute Gasteiger partial charge is 0.507 e. The Balaban J connectivity index is 1.41. The van der Waals surface area contributed by atoms with Gasteiger partial charge in [0.1, 0.15) is 11.6 Å². The van der Waals surface area contributed by atoms with E-state index in [2.05, 4.69) is 40.5 Å². The highest BCUT2D eigenvalue weighted by atomic mass is 16.3. The summed E-state index contributed by atoms with van der Waals surface area (Å²) in [6, 6.07) is 26.1. The van der Waals surface area contributed by atoms with E-state index in [9.17, 15) is 5.11 Å². The second kappa shape index (κ2) is 8.13. The molecule has 150 valence electrons. The van der Waals surface area contributed by atoms with Crippen molar-refractivity contribution in [3.05, 3.63) is 84.4 Å². The van der Waals surface area contributed by atoms with E-state index in [0.717, 1.165) is 42.8 Å². The Morgan fingerprint density at radius 1 is 0.900 bits per heavy atom. The van der Waals surface area contributed by atoms with E-state index in [4.69, 9.17) is 9.97 Å². The van der Waals surface area contributed by atoms with Gasteiger partial charge in [-0.25, -0.2) is 9.97 Å². The maximum absolute atomic E-state index is 10.3. The second-order valence-electron chi connectivity index (χ2n) is 7.78. The van der Waals surface area contributed by atoms with Gasteiger partial charge in [-0.3, -0.25) is 4.90 Å². The van der Waals surface area contributed by atoms with Crippen LogP contribution in [0.15, 0.2) is 78.9 Å².